The molecule has 0 aliphatic rings. The maximum atomic E-state index is 12.3. The van der Waals surface area contributed by atoms with Crippen LogP contribution in [-0.2, 0) is 14.3 Å². The van der Waals surface area contributed by atoms with Crippen molar-refractivity contribution in [1.29, 1.82) is 0 Å². The lowest BCUT2D eigenvalue weighted by Gasteiger charge is -2.17. The van der Waals surface area contributed by atoms with Gasteiger partial charge in [0, 0.05) is 12.8 Å². The van der Waals surface area contributed by atoms with Gasteiger partial charge in [0.15, 0.2) is 0 Å². The summed E-state index contributed by atoms with van der Waals surface area (Å²) in [4.78, 5) is 23.3. The number of esters is 1. The minimum Gasteiger partial charge on any atom is -0.481 e. The first kappa shape index (κ1) is 35.9. The van der Waals surface area contributed by atoms with E-state index in [1.807, 2.05) is 0 Å². The van der Waals surface area contributed by atoms with Gasteiger partial charge in [0.2, 0.25) is 0 Å². The van der Waals surface area contributed by atoms with E-state index in [1.54, 1.807) is 0 Å². The summed E-state index contributed by atoms with van der Waals surface area (Å²) in [5.41, 5.74) is 0. The first-order valence-electron chi connectivity index (χ1n) is 16.5. The zero-order valence-electron chi connectivity index (χ0n) is 25.0. The van der Waals surface area contributed by atoms with Crippen molar-refractivity contribution in [1.82, 2.24) is 0 Å². The second kappa shape index (κ2) is 29.5. The third kappa shape index (κ3) is 29.4. The zero-order chi connectivity index (χ0) is 27.2. The van der Waals surface area contributed by atoms with Gasteiger partial charge in [0.05, 0.1) is 0 Å². The number of hydrogen-bond donors (Lipinski definition) is 1. The summed E-state index contributed by atoms with van der Waals surface area (Å²) in [7, 11) is 0. The van der Waals surface area contributed by atoms with E-state index in [4.69, 9.17) is 9.84 Å². The smallest absolute Gasteiger partial charge is 0.306 e. The van der Waals surface area contributed by atoms with E-state index in [0.717, 1.165) is 32.1 Å². The van der Waals surface area contributed by atoms with E-state index in [2.05, 4.69) is 13.8 Å². The fourth-order valence-electron chi connectivity index (χ4n) is 5.11. The van der Waals surface area contributed by atoms with E-state index in [-0.39, 0.29) is 18.5 Å². The zero-order valence-corrected chi connectivity index (χ0v) is 25.0. The molecule has 4 nitrogen and oxygen atoms in total. The highest BCUT2D eigenvalue weighted by molar-refractivity contribution is 5.69. The van der Waals surface area contributed by atoms with Gasteiger partial charge in [-0.3, -0.25) is 9.59 Å². The molecule has 37 heavy (non-hydrogen) atoms. The van der Waals surface area contributed by atoms with E-state index < -0.39 is 5.97 Å². The molecular formula is C33H64O4. The molecule has 0 fully saturated rings. The van der Waals surface area contributed by atoms with E-state index in [1.165, 1.54) is 128 Å². The molecule has 0 aromatic heterocycles. The number of carboxylic acid groups (broad SMARTS) is 1. The fraction of sp³-hybridized carbons (Fsp3) is 0.939. The van der Waals surface area contributed by atoms with Crippen molar-refractivity contribution in [2.75, 3.05) is 0 Å². The third-order valence-corrected chi connectivity index (χ3v) is 7.59. The van der Waals surface area contributed by atoms with Crippen LogP contribution in [0.2, 0.25) is 0 Å². The second-order valence-corrected chi connectivity index (χ2v) is 11.4. The predicted octanol–water partition coefficient (Wildman–Crippen LogP) is 10.9. The maximum Gasteiger partial charge on any atom is 0.306 e. The Labute approximate surface area is 231 Å². The molecule has 0 aliphatic carbocycles. The van der Waals surface area contributed by atoms with Crippen molar-refractivity contribution in [3.8, 4) is 0 Å². The van der Waals surface area contributed by atoms with Crippen LogP contribution in [0.25, 0.3) is 0 Å². The highest BCUT2D eigenvalue weighted by Gasteiger charge is 2.15. The summed E-state index contributed by atoms with van der Waals surface area (Å²) in [6.07, 6.45) is 32.5. The maximum absolute atomic E-state index is 12.3. The van der Waals surface area contributed by atoms with Crippen molar-refractivity contribution in [3.63, 3.8) is 0 Å². The van der Waals surface area contributed by atoms with Gasteiger partial charge in [0.1, 0.15) is 6.10 Å². The van der Waals surface area contributed by atoms with Crippen LogP contribution in [0.3, 0.4) is 0 Å². The Kier molecular flexibility index (Phi) is 28.7. The number of ether oxygens (including phenoxy) is 1. The summed E-state index contributed by atoms with van der Waals surface area (Å²) >= 11 is 0. The lowest BCUT2D eigenvalue weighted by Crippen LogP contribution is -2.19. The molecule has 0 heterocycles. The van der Waals surface area contributed by atoms with Gasteiger partial charge in [-0.25, -0.2) is 0 Å². The standard InChI is InChI=1S/C33H64O4/c1-3-5-7-9-11-13-14-15-16-17-18-20-22-24-26-28-33(36)37-31(29-30-32(34)35)27-25-23-21-19-12-10-8-6-4-2/h31H,3-30H2,1-2H3,(H,34,35). The van der Waals surface area contributed by atoms with Crippen LogP contribution in [0, 0.1) is 0 Å². The summed E-state index contributed by atoms with van der Waals surface area (Å²) < 4.78 is 5.69. The second-order valence-electron chi connectivity index (χ2n) is 11.4. The molecule has 1 atom stereocenters. The van der Waals surface area contributed by atoms with Crippen LogP contribution in [0.1, 0.15) is 194 Å². The largest absolute Gasteiger partial charge is 0.481 e. The molecule has 0 amide bonds. The average Bonchev–Trinajstić information content (AvgIpc) is 2.88. The molecule has 1 N–H and O–H groups in total. The molecule has 220 valence electrons. The van der Waals surface area contributed by atoms with E-state index in [0.29, 0.717) is 12.8 Å². The fourth-order valence-corrected chi connectivity index (χ4v) is 5.11. The molecule has 0 saturated heterocycles. The van der Waals surface area contributed by atoms with E-state index in [9.17, 15) is 9.59 Å². The SMILES string of the molecule is CCCCCCCCCCCCCCCCCC(=O)OC(CCCCCCCCCCC)CCC(=O)O. The van der Waals surface area contributed by atoms with Crippen LogP contribution in [0.5, 0.6) is 0 Å². The average molecular weight is 525 g/mol. The van der Waals surface area contributed by atoms with Crippen molar-refractivity contribution in [2.24, 2.45) is 0 Å². The van der Waals surface area contributed by atoms with Crippen molar-refractivity contribution in [2.45, 2.75) is 200 Å². The van der Waals surface area contributed by atoms with Gasteiger partial charge in [0.25, 0.3) is 0 Å². The van der Waals surface area contributed by atoms with Gasteiger partial charge in [-0.15, -0.1) is 0 Å². The van der Waals surface area contributed by atoms with Gasteiger partial charge < -0.3 is 9.84 Å². The molecular weight excluding hydrogens is 460 g/mol. The number of aliphatic carboxylic acids is 1. The highest BCUT2D eigenvalue weighted by atomic mass is 16.5. The molecule has 1 unspecified atom stereocenters. The van der Waals surface area contributed by atoms with Crippen LogP contribution < -0.4 is 0 Å². The van der Waals surface area contributed by atoms with Gasteiger partial charge in [-0.1, -0.05) is 155 Å². The molecule has 0 aliphatic heterocycles. The normalized spacial score (nSPS) is 12.1. The quantitative estimate of drug-likeness (QED) is 0.0749. The summed E-state index contributed by atoms with van der Waals surface area (Å²) in [6.45, 7) is 4.52. The molecule has 0 rings (SSSR count). The Morgan fingerprint density at radius 1 is 0.486 bits per heavy atom. The summed E-state index contributed by atoms with van der Waals surface area (Å²) in [5, 5.41) is 9.04. The van der Waals surface area contributed by atoms with Gasteiger partial charge in [-0.2, -0.15) is 0 Å². The summed E-state index contributed by atoms with van der Waals surface area (Å²) in [6, 6.07) is 0. The molecule has 0 bridgehead atoms. The Balaban J connectivity index is 3.70. The number of carbonyl (C=O) groups excluding carboxylic acids is 1. The minimum absolute atomic E-state index is 0.0777. The van der Waals surface area contributed by atoms with E-state index >= 15 is 0 Å². The molecule has 4 heteroatoms. The molecule has 0 aromatic carbocycles. The van der Waals surface area contributed by atoms with Crippen LogP contribution in [-0.4, -0.2) is 23.1 Å². The van der Waals surface area contributed by atoms with Crippen molar-refractivity contribution >= 4 is 11.9 Å². The summed E-state index contributed by atoms with van der Waals surface area (Å²) in [5.74, 6) is -0.948. The Morgan fingerprint density at radius 2 is 0.838 bits per heavy atom. The van der Waals surface area contributed by atoms with Crippen molar-refractivity contribution in [3.05, 3.63) is 0 Å². The monoisotopic (exact) mass is 524 g/mol. The molecule has 0 saturated carbocycles. The van der Waals surface area contributed by atoms with Gasteiger partial charge >= 0.3 is 11.9 Å². The van der Waals surface area contributed by atoms with Crippen molar-refractivity contribution < 1.29 is 19.4 Å². The van der Waals surface area contributed by atoms with Gasteiger partial charge in [-0.05, 0) is 25.7 Å². The van der Waals surface area contributed by atoms with Crippen LogP contribution in [0.15, 0.2) is 0 Å². The Bertz CT molecular complexity index is 491. The lowest BCUT2D eigenvalue weighted by molar-refractivity contribution is -0.151. The first-order chi connectivity index (χ1) is 18.1. The Hall–Kier alpha value is -1.06. The molecule has 0 radical (unpaired) electrons. The number of hydrogen-bond acceptors (Lipinski definition) is 3. The number of carbonyl (C=O) groups is 2. The number of carboxylic acids is 1. The minimum atomic E-state index is -0.810. The Morgan fingerprint density at radius 3 is 1.22 bits per heavy atom. The highest BCUT2D eigenvalue weighted by Crippen LogP contribution is 2.17. The van der Waals surface area contributed by atoms with Crippen LogP contribution in [0.4, 0.5) is 0 Å². The van der Waals surface area contributed by atoms with Crippen LogP contribution >= 0.6 is 0 Å². The predicted molar refractivity (Wildman–Crippen MR) is 158 cm³/mol. The molecule has 0 spiro atoms. The lowest BCUT2D eigenvalue weighted by atomic mass is 10.0. The number of unbranched alkanes of at least 4 members (excludes halogenated alkanes) is 22. The third-order valence-electron chi connectivity index (χ3n) is 7.59. The molecule has 0 aromatic rings. The number of rotatable bonds is 30. The topological polar surface area (TPSA) is 63.6 Å². The first-order valence-corrected chi connectivity index (χ1v) is 16.5.